The Bertz CT molecular complexity index is 223. The van der Waals surface area contributed by atoms with Crippen molar-refractivity contribution in [3.63, 3.8) is 0 Å². The smallest absolute Gasteiger partial charge is 0.380 e. The van der Waals surface area contributed by atoms with E-state index in [0.717, 1.165) is 5.69 Å². The van der Waals surface area contributed by atoms with E-state index in [1.54, 1.807) is 12.1 Å². The zero-order valence-electron chi connectivity index (χ0n) is 6.72. The molecular formula is C8H8NNaO. The zero-order valence-corrected chi connectivity index (χ0v) is 8.72. The van der Waals surface area contributed by atoms with E-state index in [-0.39, 0.29) is 35.5 Å². The van der Waals surface area contributed by atoms with E-state index < -0.39 is 0 Å². The maximum atomic E-state index is 10.5. The molecule has 0 radical (unpaired) electrons. The Morgan fingerprint density at radius 3 is 2.82 bits per heavy atom. The summed E-state index contributed by atoms with van der Waals surface area (Å²) < 4.78 is 0. The van der Waals surface area contributed by atoms with Crippen molar-refractivity contribution in [2.24, 2.45) is 0 Å². The summed E-state index contributed by atoms with van der Waals surface area (Å²) in [7, 11) is 0. The van der Waals surface area contributed by atoms with E-state index in [2.05, 4.69) is 11.4 Å². The quantitative estimate of drug-likeness (QED) is 0.388. The number of amides is 1. The molecule has 0 fully saturated rings. The third kappa shape index (κ3) is 4.19. The normalized spacial score (nSPS) is 8.09. The molecule has 0 saturated carbocycles. The number of benzene rings is 1. The standard InChI is InChI=1S/C8H8NO.Na/c1-7(10)9-8-5-3-2-4-6-8;/h2-3,5-6H,1H3,(H,9,10);/q-1;+1. The van der Waals surface area contributed by atoms with Gasteiger partial charge in [-0.25, -0.2) is 0 Å². The van der Waals surface area contributed by atoms with Crippen LogP contribution in [0.5, 0.6) is 0 Å². The Labute approximate surface area is 88.3 Å². The Morgan fingerprint density at radius 1 is 1.64 bits per heavy atom. The molecule has 0 bridgehead atoms. The average Bonchev–Trinajstić information content (AvgIpc) is 1.88. The van der Waals surface area contributed by atoms with Crippen molar-refractivity contribution in [2.45, 2.75) is 6.92 Å². The van der Waals surface area contributed by atoms with Crippen molar-refractivity contribution in [3.05, 3.63) is 30.3 Å². The molecule has 0 aliphatic rings. The molecule has 2 nitrogen and oxygen atoms in total. The molecule has 3 heteroatoms. The number of anilines is 1. The van der Waals surface area contributed by atoms with Gasteiger partial charge in [-0.05, 0) is 0 Å². The van der Waals surface area contributed by atoms with Gasteiger partial charge in [0.25, 0.3) is 0 Å². The number of nitrogens with one attached hydrogen (secondary N) is 1. The molecule has 0 spiro atoms. The van der Waals surface area contributed by atoms with Gasteiger partial charge in [-0.2, -0.15) is 24.3 Å². The van der Waals surface area contributed by atoms with Crippen LogP contribution in [-0.2, 0) is 4.79 Å². The van der Waals surface area contributed by atoms with Crippen molar-refractivity contribution < 1.29 is 34.4 Å². The van der Waals surface area contributed by atoms with Gasteiger partial charge in [0.2, 0.25) is 5.91 Å². The van der Waals surface area contributed by atoms with Crippen LogP contribution in [0.4, 0.5) is 5.69 Å². The topological polar surface area (TPSA) is 29.1 Å². The van der Waals surface area contributed by atoms with E-state index in [1.165, 1.54) is 6.92 Å². The van der Waals surface area contributed by atoms with Crippen molar-refractivity contribution in [3.8, 4) is 0 Å². The van der Waals surface area contributed by atoms with Gasteiger partial charge in [-0.15, -0.1) is 6.07 Å². The SMILES string of the molecule is CC(=O)Nc1c[c-]ccc1.[Na+]. The Morgan fingerprint density at radius 2 is 2.36 bits per heavy atom. The minimum Gasteiger partial charge on any atom is -0.380 e. The van der Waals surface area contributed by atoms with Crippen LogP contribution < -0.4 is 34.9 Å². The fourth-order valence-electron chi connectivity index (χ4n) is 0.674. The third-order valence-electron chi connectivity index (χ3n) is 1.03. The minimum atomic E-state index is -0.0559. The molecule has 0 aliphatic carbocycles. The first-order chi connectivity index (χ1) is 4.79. The average molecular weight is 157 g/mol. The molecule has 0 aromatic heterocycles. The summed E-state index contributed by atoms with van der Waals surface area (Å²) in [6.45, 7) is 1.48. The first-order valence-electron chi connectivity index (χ1n) is 3.03. The molecule has 0 unspecified atom stereocenters. The van der Waals surface area contributed by atoms with E-state index in [1.807, 2.05) is 12.1 Å². The summed E-state index contributed by atoms with van der Waals surface area (Å²) in [5, 5.41) is 2.63. The number of rotatable bonds is 1. The summed E-state index contributed by atoms with van der Waals surface area (Å²) in [6.07, 6.45) is 0. The third-order valence-corrected chi connectivity index (χ3v) is 1.03. The second kappa shape index (κ2) is 5.35. The molecule has 1 rings (SSSR count). The predicted molar refractivity (Wildman–Crippen MR) is 39.6 cm³/mol. The van der Waals surface area contributed by atoms with Gasteiger partial charge in [0.05, 0.1) is 0 Å². The van der Waals surface area contributed by atoms with Crippen LogP contribution in [0.1, 0.15) is 6.92 Å². The maximum absolute atomic E-state index is 10.5. The Kier molecular flexibility index (Phi) is 5.20. The Balaban J connectivity index is 0.000001000. The second-order valence-corrected chi connectivity index (χ2v) is 1.97. The number of carbonyl (C=O) groups is 1. The summed E-state index contributed by atoms with van der Waals surface area (Å²) in [5.74, 6) is -0.0559. The maximum Gasteiger partial charge on any atom is 1.00 e. The fraction of sp³-hybridized carbons (Fsp3) is 0.125. The summed E-state index contributed by atoms with van der Waals surface area (Å²) in [4.78, 5) is 10.5. The number of hydrogen-bond acceptors (Lipinski definition) is 1. The first-order valence-corrected chi connectivity index (χ1v) is 3.03. The van der Waals surface area contributed by atoms with Gasteiger partial charge < -0.3 is 5.32 Å². The molecule has 11 heavy (non-hydrogen) atoms. The van der Waals surface area contributed by atoms with Crippen molar-refractivity contribution >= 4 is 11.6 Å². The molecule has 52 valence electrons. The molecule has 1 amide bonds. The number of hydrogen-bond donors (Lipinski definition) is 1. The molecule has 1 aromatic rings. The Hall–Kier alpha value is -0.310. The monoisotopic (exact) mass is 157 g/mol. The van der Waals surface area contributed by atoms with Crippen LogP contribution >= 0.6 is 0 Å². The second-order valence-electron chi connectivity index (χ2n) is 1.97. The van der Waals surface area contributed by atoms with Gasteiger partial charge >= 0.3 is 29.6 Å². The van der Waals surface area contributed by atoms with Crippen molar-refractivity contribution in [1.82, 2.24) is 0 Å². The summed E-state index contributed by atoms with van der Waals surface area (Å²) in [6, 6.07) is 10.0. The molecule has 1 N–H and O–H groups in total. The van der Waals surface area contributed by atoms with Crippen LogP contribution in [0.15, 0.2) is 24.3 Å². The van der Waals surface area contributed by atoms with Gasteiger partial charge in [0.15, 0.2) is 0 Å². The molecule has 0 atom stereocenters. The molecular weight excluding hydrogens is 149 g/mol. The van der Waals surface area contributed by atoms with Crippen LogP contribution in [0.3, 0.4) is 0 Å². The van der Waals surface area contributed by atoms with Gasteiger partial charge in [-0.3, -0.25) is 4.79 Å². The van der Waals surface area contributed by atoms with E-state index in [0.29, 0.717) is 0 Å². The largest absolute Gasteiger partial charge is 1.00 e. The van der Waals surface area contributed by atoms with Crippen LogP contribution in [0.2, 0.25) is 0 Å². The summed E-state index contributed by atoms with van der Waals surface area (Å²) in [5.41, 5.74) is 0.787. The van der Waals surface area contributed by atoms with Crippen LogP contribution in [-0.4, -0.2) is 5.91 Å². The molecule has 0 heterocycles. The zero-order chi connectivity index (χ0) is 7.40. The predicted octanol–water partition coefficient (Wildman–Crippen LogP) is -1.55. The van der Waals surface area contributed by atoms with Crippen LogP contribution in [0, 0.1) is 6.07 Å². The number of carbonyl (C=O) groups excluding carboxylic acids is 1. The molecule has 0 saturated heterocycles. The van der Waals surface area contributed by atoms with Crippen LogP contribution in [0.25, 0.3) is 0 Å². The van der Waals surface area contributed by atoms with Crippen molar-refractivity contribution in [2.75, 3.05) is 5.32 Å². The summed E-state index contributed by atoms with van der Waals surface area (Å²) >= 11 is 0. The van der Waals surface area contributed by atoms with Gasteiger partial charge in [0, 0.05) is 6.92 Å². The van der Waals surface area contributed by atoms with Gasteiger partial charge in [-0.1, -0.05) is 5.69 Å². The van der Waals surface area contributed by atoms with Crippen molar-refractivity contribution in [1.29, 1.82) is 0 Å². The fourth-order valence-corrected chi connectivity index (χ4v) is 0.674. The minimum absolute atomic E-state index is 0. The first kappa shape index (κ1) is 10.7. The van der Waals surface area contributed by atoms with E-state index >= 15 is 0 Å². The van der Waals surface area contributed by atoms with E-state index in [4.69, 9.17) is 0 Å². The molecule has 1 aromatic carbocycles. The van der Waals surface area contributed by atoms with Gasteiger partial charge in [0.1, 0.15) is 0 Å². The molecule has 0 aliphatic heterocycles. The van der Waals surface area contributed by atoms with E-state index in [9.17, 15) is 4.79 Å².